The van der Waals surface area contributed by atoms with E-state index in [1.165, 1.54) is 12.1 Å². The van der Waals surface area contributed by atoms with Gasteiger partial charge in [0, 0.05) is 25.2 Å². The predicted molar refractivity (Wildman–Crippen MR) is 76.1 cm³/mol. The van der Waals surface area contributed by atoms with Crippen LogP contribution in [-0.2, 0) is 10.0 Å². The summed E-state index contributed by atoms with van der Waals surface area (Å²) in [6, 6.07) is 3.59. The largest absolute Gasteiger partial charge is 0.351 e. The van der Waals surface area contributed by atoms with E-state index in [1.54, 1.807) is 0 Å². The number of nitrogens with two attached hydrogens (primary N) is 1. The van der Waals surface area contributed by atoms with Crippen molar-refractivity contribution in [2.24, 2.45) is 5.84 Å². The Labute approximate surface area is 120 Å². The van der Waals surface area contributed by atoms with Gasteiger partial charge in [0.1, 0.15) is 0 Å². The van der Waals surface area contributed by atoms with Crippen molar-refractivity contribution < 1.29 is 18.1 Å². The number of hydrogen-bond acceptors (Lipinski definition) is 7. The molecule has 0 radical (unpaired) electrons. The number of hydrazine groups is 1. The maximum atomic E-state index is 11.9. The van der Waals surface area contributed by atoms with E-state index in [1.807, 2.05) is 0 Å². The van der Waals surface area contributed by atoms with Gasteiger partial charge in [-0.1, -0.05) is 0 Å². The number of sulfonamides is 1. The number of amides is 1. The third-order valence-electron chi connectivity index (χ3n) is 2.39. The van der Waals surface area contributed by atoms with Crippen molar-refractivity contribution in [3.05, 3.63) is 33.9 Å². The Morgan fingerprint density at radius 3 is 2.57 bits per heavy atom. The number of nitrogens with zero attached hydrogens (tertiary/aromatic N) is 1. The fourth-order valence-electron chi connectivity index (χ4n) is 1.47. The van der Waals surface area contributed by atoms with Crippen molar-refractivity contribution in [3.63, 3.8) is 0 Å². The molecule has 0 heterocycles. The van der Waals surface area contributed by atoms with Crippen LogP contribution in [0.25, 0.3) is 0 Å². The highest BCUT2D eigenvalue weighted by Crippen LogP contribution is 2.21. The molecule has 5 N–H and O–H groups in total. The van der Waals surface area contributed by atoms with Crippen molar-refractivity contribution in [2.45, 2.75) is 0 Å². The molecule has 0 bridgehead atoms. The van der Waals surface area contributed by atoms with Gasteiger partial charge in [0.05, 0.1) is 22.4 Å². The number of benzene rings is 1. The molecule has 0 saturated carbocycles. The minimum atomic E-state index is -3.34. The third kappa shape index (κ3) is 5.33. The van der Waals surface area contributed by atoms with Crippen molar-refractivity contribution >= 4 is 27.3 Å². The molecule has 11 heteroatoms. The van der Waals surface area contributed by atoms with Crippen molar-refractivity contribution in [1.82, 2.24) is 10.0 Å². The summed E-state index contributed by atoms with van der Waals surface area (Å²) in [4.78, 5) is 22.0. The molecule has 116 valence electrons. The summed E-state index contributed by atoms with van der Waals surface area (Å²) in [5, 5.41) is 13.1. The summed E-state index contributed by atoms with van der Waals surface area (Å²) < 4.78 is 23.9. The molecule has 0 aliphatic rings. The number of carbonyl (C=O) groups is 1. The summed E-state index contributed by atoms with van der Waals surface area (Å²) in [5.74, 6) is 4.63. The summed E-state index contributed by atoms with van der Waals surface area (Å²) in [5.41, 5.74) is 2.21. The van der Waals surface area contributed by atoms with Gasteiger partial charge in [0.2, 0.25) is 10.0 Å². The molecule has 0 spiro atoms. The zero-order valence-corrected chi connectivity index (χ0v) is 11.9. The van der Waals surface area contributed by atoms with Gasteiger partial charge >= 0.3 is 0 Å². The molecule has 0 aromatic heterocycles. The Kier molecular flexibility index (Phi) is 5.58. The molecule has 1 aromatic carbocycles. The van der Waals surface area contributed by atoms with E-state index in [0.29, 0.717) is 0 Å². The maximum Gasteiger partial charge on any atom is 0.270 e. The lowest BCUT2D eigenvalue weighted by Crippen LogP contribution is -2.34. The van der Waals surface area contributed by atoms with E-state index in [-0.39, 0.29) is 30.0 Å². The highest BCUT2D eigenvalue weighted by atomic mass is 32.2. The minimum Gasteiger partial charge on any atom is -0.351 e. The number of carbonyl (C=O) groups excluding carboxylic acids is 1. The first-order valence-electron chi connectivity index (χ1n) is 5.72. The van der Waals surface area contributed by atoms with Gasteiger partial charge in [-0.05, 0) is 6.07 Å². The summed E-state index contributed by atoms with van der Waals surface area (Å²) in [6.45, 7) is 0.0312. The molecule has 0 aliphatic carbocycles. The first-order valence-corrected chi connectivity index (χ1v) is 7.61. The summed E-state index contributed by atoms with van der Waals surface area (Å²) in [6.07, 6.45) is 0.992. The normalized spacial score (nSPS) is 11.0. The quantitative estimate of drug-likeness (QED) is 0.221. The second-order valence-electron chi connectivity index (χ2n) is 4.05. The standard InChI is InChI=1S/C10H15N5O5S/c1-21(19,20)13-5-4-12-10(16)8-6-7(15(17)18)2-3-9(8)14-11/h2-3,6,13-14H,4-5,11H2,1H3,(H,12,16). The lowest BCUT2D eigenvalue weighted by Gasteiger charge is -2.09. The molecule has 0 fully saturated rings. The van der Waals surface area contributed by atoms with Crippen molar-refractivity contribution in [3.8, 4) is 0 Å². The summed E-state index contributed by atoms with van der Waals surface area (Å²) in [7, 11) is -3.34. The second-order valence-corrected chi connectivity index (χ2v) is 5.89. The highest BCUT2D eigenvalue weighted by Gasteiger charge is 2.16. The van der Waals surface area contributed by atoms with Crippen LogP contribution in [0.2, 0.25) is 0 Å². The van der Waals surface area contributed by atoms with E-state index < -0.39 is 20.9 Å². The molecular weight excluding hydrogens is 302 g/mol. The topological polar surface area (TPSA) is 156 Å². The maximum absolute atomic E-state index is 11.9. The smallest absolute Gasteiger partial charge is 0.270 e. The van der Waals surface area contributed by atoms with Gasteiger partial charge in [-0.25, -0.2) is 13.1 Å². The zero-order chi connectivity index (χ0) is 16.0. The van der Waals surface area contributed by atoms with Crippen LogP contribution in [0.15, 0.2) is 18.2 Å². The van der Waals surface area contributed by atoms with Crippen LogP contribution in [0.5, 0.6) is 0 Å². The number of nitro benzene ring substituents is 1. The SMILES string of the molecule is CS(=O)(=O)NCCNC(=O)c1cc([N+](=O)[O-])ccc1NN. The number of non-ortho nitro benzene ring substituents is 1. The Hall–Kier alpha value is -2.24. The van der Waals surface area contributed by atoms with E-state index in [2.05, 4.69) is 15.5 Å². The van der Waals surface area contributed by atoms with E-state index in [9.17, 15) is 23.3 Å². The lowest BCUT2D eigenvalue weighted by molar-refractivity contribution is -0.384. The molecular formula is C10H15N5O5S. The van der Waals surface area contributed by atoms with Gasteiger partial charge in [-0.3, -0.25) is 20.8 Å². The molecule has 21 heavy (non-hydrogen) atoms. The van der Waals surface area contributed by atoms with Gasteiger partial charge < -0.3 is 10.7 Å². The number of anilines is 1. The molecule has 1 rings (SSSR count). The monoisotopic (exact) mass is 317 g/mol. The molecule has 10 nitrogen and oxygen atoms in total. The lowest BCUT2D eigenvalue weighted by atomic mass is 10.1. The number of nitrogens with one attached hydrogen (secondary N) is 3. The van der Waals surface area contributed by atoms with Crippen LogP contribution < -0.4 is 21.3 Å². The minimum absolute atomic E-state index is 0.00485. The zero-order valence-electron chi connectivity index (χ0n) is 11.1. The Bertz CT molecular complexity index is 645. The fraction of sp³-hybridized carbons (Fsp3) is 0.300. The molecule has 1 aromatic rings. The molecule has 0 unspecified atom stereocenters. The molecule has 0 aliphatic heterocycles. The molecule has 1 amide bonds. The first kappa shape index (κ1) is 16.8. The van der Waals surface area contributed by atoms with E-state index in [0.717, 1.165) is 12.3 Å². The van der Waals surface area contributed by atoms with Crippen LogP contribution in [0.1, 0.15) is 10.4 Å². The van der Waals surface area contributed by atoms with E-state index >= 15 is 0 Å². The number of rotatable bonds is 7. The average molecular weight is 317 g/mol. The third-order valence-corrected chi connectivity index (χ3v) is 3.12. The fourth-order valence-corrected chi connectivity index (χ4v) is 1.94. The summed E-state index contributed by atoms with van der Waals surface area (Å²) >= 11 is 0. The van der Waals surface area contributed by atoms with Gasteiger partial charge in [0.15, 0.2) is 0 Å². The Morgan fingerprint density at radius 2 is 2.05 bits per heavy atom. The van der Waals surface area contributed by atoms with Crippen LogP contribution >= 0.6 is 0 Å². The average Bonchev–Trinajstić information content (AvgIpc) is 2.41. The number of hydrogen-bond donors (Lipinski definition) is 4. The first-order chi connectivity index (χ1) is 9.74. The van der Waals surface area contributed by atoms with Crippen molar-refractivity contribution in [2.75, 3.05) is 24.8 Å². The van der Waals surface area contributed by atoms with Crippen LogP contribution in [0.4, 0.5) is 11.4 Å². The Balaban J connectivity index is 2.76. The molecule has 0 atom stereocenters. The second kappa shape index (κ2) is 6.97. The van der Waals surface area contributed by atoms with Gasteiger partial charge in [0.25, 0.3) is 11.6 Å². The van der Waals surface area contributed by atoms with Crippen LogP contribution in [0.3, 0.4) is 0 Å². The van der Waals surface area contributed by atoms with Crippen LogP contribution in [-0.4, -0.2) is 38.6 Å². The van der Waals surface area contributed by atoms with Crippen molar-refractivity contribution in [1.29, 1.82) is 0 Å². The highest BCUT2D eigenvalue weighted by molar-refractivity contribution is 7.88. The Morgan fingerprint density at radius 1 is 1.38 bits per heavy atom. The van der Waals surface area contributed by atoms with Gasteiger partial charge in [-0.2, -0.15) is 0 Å². The molecule has 0 saturated heterocycles. The van der Waals surface area contributed by atoms with E-state index in [4.69, 9.17) is 5.84 Å². The van der Waals surface area contributed by atoms with Gasteiger partial charge in [-0.15, -0.1) is 0 Å². The number of nitro groups is 1. The van der Waals surface area contributed by atoms with Crippen LogP contribution in [0, 0.1) is 10.1 Å². The predicted octanol–water partition coefficient (Wildman–Crippen LogP) is -0.841. The number of nitrogen functional groups attached to an aromatic ring is 1.